The lowest BCUT2D eigenvalue weighted by molar-refractivity contribution is 0.296. The number of hydrogen-bond donors (Lipinski definition) is 2. The minimum Gasteiger partial charge on any atom is -0.485 e. The summed E-state index contributed by atoms with van der Waals surface area (Å²) in [5, 5.41) is 15.1. The molecule has 0 saturated heterocycles. The monoisotopic (exact) mass is 377 g/mol. The number of aryl methyl sites for hydroxylation is 1. The predicted octanol–water partition coefficient (Wildman–Crippen LogP) is 4.13. The van der Waals surface area contributed by atoms with E-state index in [1.807, 2.05) is 48.7 Å². The summed E-state index contributed by atoms with van der Waals surface area (Å²) in [7, 11) is 0. The Morgan fingerprint density at radius 2 is 2.00 bits per heavy atom. The zero-order valence-corrected chi connectivity index (χ0v) is 15.4. The van der Waals surface area contributed by atoms with Gasteiger partial charge in [0, 0.05) is 18.2 Å². The summed E-state index contributed by atoms with van der Waals surface area (Å²) in [5.74, 6) is 1.28. The van der Waals surface area contributed by atoms with Crippen LogP contribution in [-0.4, -0.2) is 21.7 Å². The molecule has 2 heterocycles. The number of nitrogens with one attached hydrogen (secondary N) is 1. The third-order valence-corrected chi connectivity index (χ3v) is 4.27. The van der Waals surface area contributed by atoms with Gasteiger partial charge in [0.25, 0.3) is 0 Å². The second-order valence-corrected chi connectivity index (χ2v) is 6.22. The van der Waals surface area contributed by atoms with Gasteiger partial charge in [-0.2, -0.15) is 0 Å². The van der Waals surface area contributed by atoms with Crippen LogP contribution in [0.3, 0.4) is 0 Å². The van der Waals surface area contributed by atoms with Crippen molar-refractivity contribution in [2.45, 2.75) is 20.0 Å². The van der Waals surface area contributed by atoms with Crippen molar-refractivity contribution >= 4 is 34.7 Å². The second-order valence-electron chi connectivity index (χ2n) is 5.36. The summed E-state index contributed by atoms with van der Waals surface area (Å²) >= 11 is 1.52. The number of aliphatic hydroxyl groups is 1. The van der Waals surface area contributed by atoms with Gasteiger partial charge in [-0.1, -0.05) is 30.3 Å². The highest BCUT2D eigenvalue weighted by Crippen LogP contribution is 2.29. The fourth-order valence-corrected chi connectivity index (χ4v) is 2.89. The maximum Gasteiger partial charge on any atom is 0.188 e. The molecule has 0 radical (unpaired) electrons. The Morgan fingerprint density at radius 1 is 1.20 bits per heavy atom. The average Bonchev–Trinajstić information content (AvgIpc) is 3.01. The Balaban J connectivity index is 0.00000225. The molecule has 3 aromatic rings. The molecule has 0 bridgehead atoms. The summed E-state index contributed by atoms with van der Waals surface area (Å²) in [5.41, 5.74) is 2.98. The van der Waals surface area contributed by atoms with Gasteiger partial charge >= 0.3 is 0 Å². The average molecular weight is 378 g/mol. The number of halogens is 1. The van der Waals surface area contributed by atoms with Crippen molar-refractivity contribution in [3.8, 4) is 5.75 Å². The maximum atomic E-state index is 9.13. The molecule has 0 spiro atoms. The molecule has 0 aliphatic carbocycles. The van der Waals surface area contributed by atoms with Crippen molar-refractivity contribution in [2.75, 3.05) is 11.9 Å². The molecule has 0 aliphatic heterocycles. The number of pyridine rings is 1. The van der Waals surface area contributed by atoms with Gasteiger partial charge < -0.3 is 15.2 Å². The second kappa shape index (κ2) is 9.36. The highest BCUT2D eigenvalue weighted by Gasteiger charge is 2.10. The van der Waals surface area contributed by atoms with E-state index in [1.54, 1.807) is 6.20 Å². The highest BCUT2D eigenvalue weighted by atomic mass is 35.5. The summed E-state index contributed by atoms with van der Waals surface area (Å²) < 4.78 is 5.96. The van der Waals surface area contributed by atoms with E-state index in [9.17, 15) is 0 Å². The van der Waals surface area contributed by atoms with Gasteiger partial charge in [0.2, 0.25) is 0 Å². The van der Waals surface area contributed by atoms with E-state index in [2.05, 4.69) is 15.3 Å². The van der Waals surface area contributed by atoms with E-state index in [0.29, 0.717) is 24.6 Å². The fourth-order valence-electron chi connectivity index (χ4n) is 2.20. The normalized spacial score (nSPS) is 10.2. The standard InChI is InChI=1S/C18H19N3O2S.ClH/c1-13-12-24-18(20-13)21-17-16(9-15(7-8-22)10-19-17)23-11-14-5-3-2-4-6-14;/h2-6,9-10,12,22H,7-8,11H2,1H3,(H,19,20,21);1H. The smallest absolute Gasteiger partial charge is 0.188 e. The first-order chi connectivity index (χ1) is 11.7. The van der Waals surface area contributed by atoms with Crippen LogP contribution in [0.1, 0.15) is 16.8 Å². The van der Waals surface area contributed by atoms with E-state index in [0.717, 1.165) is 22.0 Å². The lowest BCUT2D eigenvalue weighted by Gasteiger charge is -2.12. The van der Waals surface area contributed by atoms with Crippen LogP contribution in [-0.2, 0) is 13.0 Å². The summed E-state index contributed by atoms with van der Waals surface area (Å²) in [6.45, 7) is 2.49. The number of nitrogens with zero attached hydrogens (tertiary/aromatic N) is 2. The Bertz CT molecular complexity index is 796. The molecule has 7 heteroatoms. The Labute approximate surface area is 157 Å². The van der Waals surface area contributed by atoms with Crippen molar-refractivity contribution in [3.63, 3.8) is 0 Å². The molecule has 0 unspecified atom stereocenters. The van der Waals surface area contributed by atoms with Crippen LogP contribution in [0.15, 0.2) is 48.0 Å². The van der Waals surface area contributed by atoms with Crippen molar-refractivity contribution in [1.82, 2.24) is 9.97 Å². The zero-order chi connectivity index (χ0) is 16.8. The fraction of sp³-hybridized carbons (Fsp3) is 0.222. The van der Waals surface area contributed by atoms with Gasteiger partial charge in [-0.3, -0.25) is 0 Å². The molecule has 0 saturated carbocycles. The molecule has 2 N–H and O–H groups in total. The number of ether oxygens (including phenoxy) is 1. The van der Waals surface area contributed by atoms with Crippen LogP contribution in [0.4, 0.5) is 10.9 Å². The minimum atomic E-state index is 0. The molecule has 3 rings (SSSR count). The first-order valence-corrected chi connectivity index (χ1v) is 8.58. The predicted molar refractivity (Wildman–Crippen MR) is 103 cm³/mol. The van der Waals surface area contributed by atoms with Crippen LogP contribution in [0.2, 0.25) is 0 Å². The number of aromatic nitrogens is 2. The van der Waals surface area contributed by atoms with Crippen LogP contribution < -0.4 is 10.1 Å². The number of thiazole rings is 1. The van der Waals surface area contributed by atoms with Gasteiger partial charge in [-0.15, -0.1) is 23.7 Å². The third kappa shape index (κ3) is 5.42. The van der Waals surface area contributed by atoms with E-state index in [4.69, 9.17) is 9.84 Å². The molecular formula is C18H20ClN3O2S. The van der Waals surface area contributed by atoms with Crippen LogP contribution >= 0.6 is 23.7 Å². The van der Waals surface area contributed by atoms with Gasteiger partial charge in [0.05, 0.1) is 5.69 Å². The zero-order valence-electron chi connectivity index (χ0n) is 13.8. The van der Waals surface area contributed by atoms with Gasteiger partial charge in [-0.05, 0) is 30.5 Å². The van der Waals surface area contributed by atoms with Gasteiger partial charge in [0.1, 0.15) is 6.61 Å². The van der Waals surface area contributed by atoms with Crippen LogP contribution in [0.25, 0.3) is 0 Å². The Morgan fingerprint density at radius 3 is 2.68 bits per heavy atom. The number of hydrogen-bond acceptors (Lipinski definition) is 6. The third-order valence-electron chi connectivity index (χ3n) is 3.39. The van der Waals surface area contributed by atoms with E-state index < -0.39 is 0 Å². The Hall–Kier alpha value is -2.15. The van der Waals surface area contributed by atoms with Gasteiger partial charge in [0.15, 0.2) is 16.7 Å². The van der Waals surface area contributed by atoms with E-state index in [-0.39, 0.29) is 19.0 Å². The largest absolute Gasteiger partial charge is 0.485 e. The molecule has 25 heavy (non-hydrogen) atoms. The molecule has 0 atom stereocenters. The Kier molecular flexibility index (Phi) is 7.18. The van der Waals surface area contributed by atoms with E-state index >= 15 is 0 Å². The number of aliphatic hydroxyl groups excluding tert-OH is 1. The minimum absolute atomic E-state index is 0. The molecule has 0 amide bonds. The molecule has 2 aromatic heterocycles. The number of rotatable bonds is 7. The lowest BCUT2D eigenvalue weighted by Crippen LogP contribution is -2.03. The molecule has 132 valence electrons. The van der Waals surface area contributed by atoms with Crippen molar-refractivity contribution in [1.29, 1.82) is 0 Å². The molecule has 5 nitrogen and oxygen atoms in total. The topological polar surface area (TPSA) is 67.3 Å². The SMILES string of the molecule is Cc1csc(Nc2ncc(CCO)cc2OCc2ccccc2)n1.Cl. The molecule has 0 aliphatic rings. The van der Waals surface area contributed by atoms with Gasteiger partial charge in [-0.25, -0.2) is 9.97 Å². The number of anilines is 2. The van der Waals surface area contributed by atoms with Crippen molar-refractivity contribution < 1.29 is 9.84 Å². The number of benzene rings is 1. The first kappa shape index (κ1) is 19.2. The quantitative estimate of drug-likeness (QED) is 0.648. The van der Waals surface area contributed by atoms with Crippen molar-refractivity contribution in [3.05, 3.63) is 64.8 Å². The maximum absolute atomic E-state index is 9.13. The van der Waals surface area contributed by atoms with E-state index in [1.165, 1.54) is 11.3 Å². The highest BCUT2D eigenvalue weighted by molar-refractivity contribution is 7.13. The first-order valence-electron chi connectivity index (χ1n) is 7.70. The van der Waals surface area contributed by atoms with Crippen LogP contribution in [0.5, 0.6) is 5.75 Å². The molecule has 0 fully saturated rings. The summed E-state index contributed by atoms with van der Waals surface area (Å²) in [4.78, 5) is 8.83. The summed E-state index contributed by atoms with van der Waals surface area (Å²) in [6.07, 6.45) is 2.29. The molecule has 1 aromatic carbocycles. The molecular weight excluding hydrogens is 358 g/mol. The lowest BCUT2D eigenvalue weighted by atomic mass is 10.2. The van der Waals surface area contributed by atoms with Crippen molar-refractivity contribution in [2.24, 2.45) is 0 Å². The summed E-state index contributed by atoms with van der Waals surface area (Å²) in [6, 6.07) is 11.9. The van der Waals surface area contributed by atoms with Crippen LogP contribution in [0, 0.1) is 6.92 Å².